The van der Waals surface area contributed by atoms with E-state index in [1.807, 2.05) is 0 Å². The molecule has 1 aliphatic heterocycles. The van der Waals surface area contributed by atoms with Crippen molar-refractivity contribution in [3.05, 3.63) is 89.2 Å². The second-order valence-corrected chi connectivity index (χ2v) is 11.4. The number of carbonyl (C=O) groups excluding carboxylic acids is 1. The normalized spacial score (nSPS) is 16.2. The molecule has 0 radical (unpaired) electrons. The maximum Gasteiger partial charge on any atom is 0.430 e. The third-order valence-corrected chi connectivity index (χ3v) is 8.77. The zero-order valence-corrected chi connectivity index (χ0v) is 22.2. The van der Waals surface area contributed by atoms with Gasteiger partial charge in [0.1, 0.15) is 5.82 Å². The smallest absolute Gasteiger partial charge is 0.392 e. The number of halogens is 7. The van der Waals surface area contributed by atoms with Crippen LogP contribution in [0.5, 0.6) is 0 Å². The zero-order valence-electron chi connectivity index (χ0n) is 21.4. The van der Waals surface area contributed by atoms with Crippen LogP contribution in [0.15, 0.2) is 71.6 Å². The second-order valence-electron chi connectivity index (χ2n) is 9.56. The summed E-state index contributed by atoms with van der Waals surface area (Å²) in [6.07, 6.45) is -13.2. The van der Waals surface area contributed by atoms with Gasteiger partial charge >= 0.3 is 12.4 Å². The molecule has 0 fully saturated rings. The summed E-state index contributed by atoms with van der Waals surface area (Å²) in [5.41, 5.74) is -6.74. The van der Waals surface area contributed by atoms with Crippen LogP contribution in [0, 0.1) is 5.82 Å². The molecule has 3 aromatic carbocycles. The van der Waals surface area contributed by atoms with Crippen molar-refractivity contribution in [3.63, 3.8) is 0 Å². The van der Waals surface area contributed by atoms with Gasteiger partial charge in [0.25, 0.3) is 15.6 Å². The lowest BCUT2D eigenvalue weighted by molar-refractivity contribution is -0.376. The van der Waals surface area contributed by atoms with Crippen molar-refractivity contribution in [1.29, 1.82) is 0 Å². The van der Waals surface area contributed by atoms with Crippen LogP contribution < -0.4 is 9.62 Å². The predicted octanol–water partition coefficient (Wildman–Crippen LogP) is 5.17. The number of aliphatic hydroxyl groups is 2. The van der Waals surface area contributed by atoms with E-state index in [9.17, 15) is 54.2 Å². The number of hydrogen-bond donors (Lipinski definition) is 3. The van der Waals surface area contributed by atoms with Gasteiger partial charge in [0.05, 0.1) is 23.2 Å². The molecular weight excluding hydrogens is 597 g/mol. The van der Waals surface area contributed by atoms with Crippen LogP contribution in [-0.2, 0) is 33.4 Å². The maximum absolute atomic E-state index is 13.7. The highest BCUT2D eigenvalue weighted by molar-refractivity contribution is 7.92. The Morgan fingerprint density at radius 3 is 2.17 bits per heavy atom. The van der Waals surface area contributed by atoms with Crippen LogP contribution in [0.2, 0.25) is 0 Å². The van der Waals surface area contributed by atoms with Crippen LogP contribution in [-0.4, -0.2) is 42.9 Å². The van der Waals surface area contributed by atoms with Crippen LogP contribution in [0.1, 0.15) is 29.5 Å². The number of amides is 1. The lowest BCUT2D eigenvalue weighted by Crippen LogP contribution is -2.54. The van der Waals surface area contributed by atoms with E-state index in [2.05, 4.69) is 5.32 Å². The fourth-order valence-corrected chi connectivity index (χ4v) is 6.49. The molecule has 3 aromatic rings. The fraction of sp³-hybridized carbons (Fsp3) is 0.296. The number of rotatable bonds is 7. The van der Waals surface area contributed by atoms with Gasteiger partial charge < -0.3 is 15.5 Å². The summed E-state index contributed by atoms with van der Waals surface area (Å²) in [6.45, 7) is -0.414. The minimum Gasteiger partial charge on any atom is -0.392 e. The topological polar surface area (TPSA) is 107 Å². The molecule has 1 amide bonds. The van der Waals surface area contributed by atoms with Crippen LogP contribution in [0.3, 0.4) is 0 Å². The lowest BCUT2D eigenvalue weighted by Gasteiger charge is -2.39. The molecule has 0 bridgehead atoms. The van der Waals surface area contributed by atoms with E-state index < -0.39 is 69.2 Å². The first-order valence-electron chi connectivity index (χ1n) is 12.3. The summed E-state index contributed by atoms with van der Waals surface area (Å²) in [5.74, 6) is -1.46. The average Bonchev–Trinajstić information content (AvgIpc) is 2.91. The molecule has 3 N–H and O–H groups in total. The van der Waals surface area contributed by atoms with Crippen molar-refractivity contribution in [3.8, 4) is 0 Å². The number of sulfonamides is 1. The van der Waals surface area contributed by atoms with Crippen LogP contribution in [0.4, 0.5) is 42.1 Å². The number of nitrogens with one attached hydrogen (secondary N) is 1. The molecule has 15 heteroatoms. The number of nitrogens with zero attached hydrogens (tertiary/aromatic N) is 1. The van der Waals surface area contributed by atoms with Crippen LogP contribution in [0.25, 0.3) is 0 Å². The highest BCUT2D eigenvalue weighted by Crippen LogP contribution is 2.51. The third kappa shape index (κ3) is 5.68. The summed E-state index contributed by atoms with van der Waals surface area (Å²) in [5, 5.41) is 21.9. The highest BCUT2D eigenvalue weighted by Gasteiger charge is 2.71. The Labute approximate surface area is 235 Å². The van der Waals surface area contributed by atoms with Gasteiger partial charge in [-0.3, -0.25) is 9.10 Å². The van der Waals surface area contributed by atoms with E-state index in [1.54, 1.807) is 18.2 Å². The zero-order chi connectivity index (χ0) is 31.1. The van der Waals surface area contributed by atoms with Gasteiger partial charge in [-0.15, -0.1) is 0 Å². The fourth-order valence-electron chi connectivity index (χ4n) is 4.78. The molecule has 1 heterocycles. The molecule has 226 valence electrons. The second kappa shape index (κ2) is 11.2. The molecule has 0 spiro atoms. The summed E-state index contributed by atoms with van der Waals surface area (Å²) in [6, 6.07) is 10.1. The number of carbonyl (C=O) groups is 1. The summed E-state index contributed by atoms with van der Waals surface area (Å²) in [7, 11) is -4.64. The predicted molar refractivity (Wildman–Crippen MR) is 136 cm³/mol. The Morgan fingerprint density at radius 1 is 0.952 bits per heavy atom. The number of aliphatic hydroxyl groups excluding tert-OH is 1. The molecule has 0 saturated carbocycles. The third-order valence-electron chi connectivity index (χ3n) is 6.89. The van der Waals surface area contributed by atoms with Gasteiger partial charge in [-0.1, -0.05) is 30.3 Å². The lowest BCUT2D eigenvalue weighted by atomic mass is 9.87. The van der Waals surface area contributed by atoms with E-state index >= 15 is 0 Å². The van der Waals surface area contributed by atoms with Crippen molar-refractivity contribution >= 4 is 27.3 Å². The van der Waals surface area contributed by atoms with Gasteiger partial charge in [-0.25, -0.2) is 12.8 Å². The first kappa shape index (κ1) is 31.3. The van der Waals surface area contributed by atoms with Crippen molar-refractivity contribution in [2.75, 3.05) is 9.62 Å². The van der Waals surface area contributed by atoms with Crippen molar-refractivity contribution in [1.82, 2.24) is 0 Å². The van der Waals surface area contributed by atoms with Gasteiger partial charge in [0.2, 0.25) is 5.91 Å². The molecule has 1 aliphatic rings. The van der Waals surface area contributed by atoms with Gasteiger partial charge in [-0.2, -0.15) is 26.3 Å². The molecule has 42 heavy (non-hydrogen) atoms. The molecule has 0 aromatic heterocycles. The quantitative estimate of drug-likeness (QED) is 0.316. The largest absolute Gasteiger partial charge is 0.430 e. The Balaban J connectivity index is 1.79. The Hall–Kier alpha value is -3.69. The number of alkyl halides is 6. The minimum absolute atomic E-state index is 0.206. The average molecular weight is 621 g/mol. The number of para-hydroxylation sites is 1. The number of aryl methyl sites for hydroxylation is 1. The molecule has 0 aliphatic carbocycles. The van der Waals surface area contributed by atoms with E-state index in [0.29, 0.717) is 28.1 Å². The highest BCUT2D eigenvalue weighted by atomic mass is 32.2. The Bertz CT molecular complexity index is 1560. The van der Waals surface area contributed by atoms with E-state index in [1.165, 1.54) is 6.07 Å². The van der Waals surface area contributed by atoms with E-state index in [-0.39, 0.29) is 29.8 Å². The molecular formula is C27H23F7N2O5S. The summed E-state index contributed by atoms with van der Waals surface area (Å²) < 4.78 is 123. The number of anilines is 2. The molecule has 7 nitrogen and oxygen atoms in total. The van der Waals surface area contributed by atoms with Crippen LogP contribution >= 0.6 is 0 Å². The standard InChI is InChI=1S/C27H23F7N2O5S/c28-19-7-10-21(11-8-19)42(40,41)36-20(14-24(38)35-22-4-2-1-3-17(22)15-37)9-5-16-13-18(6-12-23(16)36)25(39,26(29,30)31)27(32,33)34/h1-4,6-8,10-13,20,37,39H,5,9,14-15H2,(H,35,38). The Morgan fingerprint density at radius 2 is 1.57 bits per heavy atom. The van der Waals surface area contributed by atoms with Gasteiger partial charge in [0, 0.05) is 23.2 Å². The SMILES string of the molecule is O=C(CC1CCc2cc(C(O)(C(F)(F)F)C(F)(F)F)ccc2N1S(=O)(=O)c1ccc(F)cc1)Nc1ccccc1CO. The number of hydrogen-bond acceptors (Lipinski definition) is 5. The van der Waals surface area contributed by atoms with Crippen molar-refractivity contribution < 1.29 is 54.2 Å². The molecule has 4 rings (SSSR count). The number of fused-ring (bicyclic) bond motifs is 1. The van der Waals surface area contributed by atoms with Crippen molar-refractivity contribution in [2.45, 2.75) is 54.8 Å². The maximum atomic E-state index is 13.7. The first-order chi connectivity index (χ1) is 19.5. The summed E-state index contributed by atoms with van der Waals surface area (Å²) in [4.78, 5) is 12.5. The molecule has 1 atom stereocenters. The van der Waals surface area contributed by atoms with Gasteiger partial charge in [0.15, 0.2) is 0 Å². The molecule has 0 saturated heterocycles. The van der Waals surface area contributed by atoms with Crippen molar-refractivity contribution in [2.24, 2.45) is 0 Å². The Kier molecular flexibility index (Phi) is 8.32. The molecule has 1 unspecified atom stereocenters. The first-order valence-corrected chi connectivity index (χ1v) is 13.7. The van der Waals surface area contributed by atoms with Gasteiger partial charge in [-0.05, 0) is 54.8 Å². The minimum atomic E-state index is -6.15. The monoisotopic (exact) mass is 620 g/mol. The summed E-state index contributed by atoms with van der Waals surface area (Å²) >= 11 is 0. The van der Waals surface area contributed by atoms with E-state index in [0.717, 1.165) is 24.3 Å². The van der Waals surface area contributed by atoms with E-state index in [4.69, 9.17) is 0 Å². The number of benzene rings is 3.